The second kappa shape index (κ2) is 9.22. The summed E-state index contributed by atoms with van der Waals surface area (Å²) in [6.07, 6.45) is 1.32. The lowest BCUT2D eigenvalue weighted by molar-refractivity contribution is 0.607. The van der Waals surface area contributed by atoms with Crippen molar-refractivity contribution in [3.8, 4) is 5.69 Å². The zero-order valence-corrected chi connectivity index (χ0v) is 21.4. The first-order valence-electron chi connectivity index (χ1n) is 10.2. The lowest BCUT2D eigenvalue weighted by atomic mass is 10.1. The van der Waals surface area contributed by atoms with Gasteiger partial charge < -0.3 is 4.98 Å². The summed E-state index contributed by atoms with van der Waals surface area (Å²) in [5.41, 5.74) is 2.04. The van der Waals surface area contributed by atoms with Gasteiger partial charge in [0.15, 0.2) is 5.65 Å². The molecule has 0 bridgehead atoms. The maximum atomic E-state index is 13.1. The van der Waals surface area contributed by atoms with E-state index in [4.69, 9.17) is 34.8 Å². The average Bonchev–Trinajstić information content (AvgIpc) is 3.06. The molecule has 0 aliphatic heterocycles. The Bertz CT molecular complexity index is 1560. The summed E-state index contributed by atoms with van der Waals surface area (Å²) >= 11 is 18.9. The number of hydrogen-bond acceptors (Lipinski definition) is 5. The molecule has 2 aromatic carbocycles. The molecule has 178 valence electrons. The predicted octanol–water partition coefficient (Wildman–Crippen LogP) is 5.15. The van der Waals surface area contributed by atoms with E-state index in [1.165, 1.54) is 4.68 Å². The molecule has 0 saturated heterocycles. The molecule has 34 heavy (non-hydrogen) atoms. The average molecular weight is 541 g/mol. The molecule has 0 amide bonds. The minimum absolute atomic E-state index is 0.0684. The van der Waals surface area contributed by atoms with Crippen molar-refractivity contribution in [2.45, 2.75) is 26.2 Å². The van der Waals surface area contributed by atoms with E-state index in [0.717, 1.165) is 11.8 Å². The third-order valence-corrected chi connectivity index (χ3v) is 6.36. The number of fused-ring (bicyclic) bond motifs is 1. The highest BCUT2D eigenvalue weighted by Gasteiger charge is 2.23. The minimum Gasteiger partial charge on any atom is -0.310 e. The Morgan fingerprint density at radius 1 is 1.12 bits per heavy atom. The number of nitrogens with zero attached hydrogens (tertiary/aromatic N) is 3. The number of H-pyrrole nitrogens is 1. The fourth-order valence-corrected chi connectivity index (χ4v) is 5.16. The van der Waals surface area contributed by atoms with E-state index < -0.39 is 10.0 Å². The van der Waals surface area contributed by atoms with Gasteiger partial charge in [-0.1, -0.05) is 60.8 Å². The van der Waals surface area contributed by atoms with Crippen molar-refractivity contribution >= 4 is 61.5 Å². The number of nitrogens with one attached hydrogen (secondary N) is 2. The number of benzene rings is 2. The van der Waals surface area contributed by atoms with Crippen LogP contribution in [0.4, 0.5) is 5.69 Å². The van der Waals surface area contributed by atoms with E-state index >= 15 is 0 Å². The molecule has 0 spiro atoms. The van der Waals surface area contributed by atoms with Gasteiger partial charge in [0.05, 0.1) is 22.0 Å². The number of hydrogen-bond donors (Lipinski definition) is 2. The van der Waals surface area contributed by atoms with Gasteiger partial charge in [0.25, 0.3) is 5.56 Å². The topological polar surface area (TPSA) is 110 Å². The van der Waals surface area contributed by atoms with Crippen molar-refractivity contribution in [3.05, 3.63) is 78.9 Å². The van der Waals surface area contributed by atoms with Gasteiger partial charge in [0, 0.05) is 17.1 Å². The molecule has 0 unspecified atom stereocenters. The first kappa shape index (κ1) is 24.5. The number of aromatic amines is 1. The van der Waals surface area contributed by atoms with E-state index in [0.29, 0.717) is 38.9 Å². The van der Waals surface area contributed by atoms with Crippen LogP contribution < -0.4 is 10.3 Å². The van der Waals surface area contributed by atoms with E-state index in [-0.39, 0.29) is 27.9 Å². The summed E-state index contributed by atoms with van der Waals surface area (Å²) in [6.45, 7) is 3.84. The Morgan fingerprint density at radius 3 is 2.41 bits per heavy atom. The summed E-state index contributed by atoms with van der Waals surface area (Å²) in [6, 6.07) is 9.92. The Kier molecular flexibility index (Phi) is 6.65. The van der Waals surface area contributed by atoms with E-state index in [2.05, 4.69) is 19.8 Å². The number of sulfonamides is 1. The van der Waals surface area contributed by atoms with Crippen LogP contribution >= 0.6 is 34.8 Å². The molecule has 2 heterocycles. The summed E-state index contributed by atoms with van der Waals surface area (Å²) in [5, 5.41) is 5.86. The van der Waals surface area contributed by atoms with Crippen LogP contribution in [0.3, 0.4) is 0 Å². The molecular weight excluding hydrogens is 521 g/mol. The lowest BCUT2D eigenvalue weighted by Gasteiger charge is -2.10. The molecule has 0 fully saturated rings. The third kappa shape index (κ3) is 5.07. The molecule has 0 radical (unpaired) electrons. The molecule has 4 aromatic rings. The SMILES string of the molecule is CC(C)c1nn(-c2c(Cl)cc(Cl)cc2Cl)c2nc(Cc3cccc(NS(C)(=O)=O)c3)[nH]c(=O)c12. The van der Waals surface area contributed by atoms with E-state index in [9.17, 15) is 13.2 Å². The largest absolute Gasteiger partial charge is 0.310 e. The van der Waals surface area contributed by atoms with Crippen molar-refractivity contribution < 1.29 is 8.42 Å². The second-order valence-electron chi connectivity index (χ2n) is 8.13. The highest BCUT2D eigenvalue weighted by atomic mass is 35.5. The van der Waals surface area contributed by atoms with Crippen LogP contribution in [0.1, 0.15) is 36.8 Å². The first-order chi connectivity index (χ1) is 15.9. The molecule has 4 rings (SSSR count). The standard InChI is InChI=1S/C22H20Cl3N5O3S/c1-11(2)19-18-21(30(28-19)20-15(24)9-13(23)10-16(20)25)26-17(27-22(18)31)8-12-5-4-6-14(7-12)29-34(3,32)33/h4-7,9-11,29H,8H2,1-3H3,(H,26,27,31). The molecule has 0 aliphatic carbocycles. The molecule has 8 nitrogen and oxygen atoms in total. The summed E-state index contributed by atoms with van der Waals surface area (Å²) in [7, 11) is -3.42. The monoisotopic (exact) mass is 539 g/mol. The Labute approximate surface area is 210 Å². The zero-order chi connectivity index (χ0) is 24.8. The zero-order valence-electron chi connectivity index (χ0n) is 18.4. The van der Waals surface area contributed by atoms with Gasteiger partial charge in [-0.25, -0.2) is 18.1 Å². The predicted molar refractivity (Wildman–Crippen MR) is 136 cm³/mol. The Balaban J connectivity index is 1.87. The van der Waals surface area contributed by atoms with Gasteiger partial charge >= 0.3 is 0 Å². The molecule has 2 aromatic heterocycles. The van der Waals surface area contributed by atoms with Crippen molar-refractivity contribution in [1.82, 2.24) is 19.7 Å². The van der Waals surface area contributed by atoms with Gasteiger partial charge in [-0.3, -0.25) is 9.52 Å². The Hall–Kier alpha value is -2.59. The van der Waals surface area contributed by atoms with Crippen molar-refractivity contribution in [2.75, 3.05) is 11.0 Å². The molecule has 2 N–H and O–H groups in total. The number of halogens is 3. The van der Waals surface area contributed by atoms with Gasteiger partial charge in [-0.05, 0) is 35.7 Å². The first-order valence-corrected chi connectivity index (χ1v) is 13.2. The molecular formula is C22H20Cl3N5O3S. The minimum atomic E-state index is -3.42. The maximum Gasteiger partial charge on any atom is 0.262 e. The van der Waals surface area contributed by atoms with Crippen LogP contribution in [0.25, 0.3) is 16.7 Å². The number of rotatable bonds is 6. The van der Waals surface area contributed by atoms with Crippen molar-refractivity contribution in [3.63, 3.8) is 0 Å². The number of anilines is 1. The van der Waals surface area contributed by atoms with Crippen LogP contribution in [-0.4, -0.2) is 34.4 Å². The lowest BCUT2D eigenvalue weighted by Crippen LogP contribution is -2.14. The molecule has 0 saturated carbocycles. The third-order valence-electron chi connectivity index (χ3n) is 4.96. The Morgan fingerprint density at radius 2 is 1.79 bits per heavy atom. The molecule has 12 heteroatoms. The van der Waals surface area contributed by atoms with Crippen molar-refractivity contribution in [1.29, 1.82) is 0 Å². The fraction of sp³-hybridized carbons (Fsp3) is 0.227. The van der Waals surface area contributed by atoms with Crippen LogP contribution in [0.5, 0.6) is 0 Å². The van der Waals surface area contributed by atoms with Crippen LogP contribution in [-0.2, 0) is 16.4 Å². The van der Waals surface area contributed by atoms with Gasteiger partial charge in [0.2, 0.25) is 10.0 Å². The van der Waals surface area contributed by atoms with Crippen LogP contribution in [0.2, 0.25) is 15.1 Å². The van der Waals surface area contributed by atoms with E-state index in [1.807, 2.05) is 13.8 Å². The maximum absolute atomic E-state index is 13.1. The summed E-state index contributed by atoms with van der Waals surface area (Å²) in [5.74, 6) is 0.299. The van der Waals surface area contributed by atoms with Crippen LogP contribution in [0, 0.1) is 0 Å². The summed E-state index contributed by atoms with van der Waals surface area (Å²) < 4.78 is 27.0. The quantitative estimate of drug-likeness (QED) is 0.351. The van der Waals surface area contributed by atoms with E-state index in [1.54, 1.807) is 36.4 Å². The molecule has 0 aliphatic rings. The summed E-state index contributed by atoms with van der Waals surface area (Å²) in [4.78, 5) is 20.6. The second-order valence-corrected chi connectivity index (χ2v) is 11.1. The normalized spacial score (nSPS) is 12.0. The fourth-order valence-electron chi connectivity index (χ4n) is 3.63. The number of aromatic nitrogens is 4. The highest BCUT2D eigenvalue weighted by Crippen LogP contribution is 2.34. The highest BCUT2D eigenvalue weighted by molar-refractivity contribution is 7.92. The van der Waals surface area contributed by atoms with Gasteiger partial charge in [-0.2, -0.15) is 5.10 Å². The smallest absolute Gasteiger partial charge is 0.262 e. The van der Waals surface area contributed by atoms with Crippen molar-refractivity contribution in [2.24, 2.45) is 0 Å². The van der Waals surface area contributed by atoms with Crippen LogP contribution in [0.15, 0.2) is 41.2 Å². The molecule has 0 atom stereocenters. The van der Waals surface area contributed by atoms with Gasteiger partial charge in [-0.15, -0.1) is 0 Å². The van der Waals surface area contributed by atoms with Gasteiger partial charge in [0.1, 0.15) is 16.9 Å².